The van der Waals surface area contributed by atoms with E-state index < -0.39 is 0 Å². The zero-order valence-electron chi connectivity index (χ0n) is 37.5. The first kappa shape index (κ1) is 48.0. The summed E-state index contributed by atoms with van der Waals surface area (Å²) >= 11 is 0. The number of benzene rings is 5. The van der Waals surface area contributed by atoms with Gasteiger partial charge in [-0.1, -0.05) is 178 Å². The fourth-order valence-corrected chi connectivity index (χ4v) is 5.94. The minimum atomic E-state index is 0.533. The van der Waals surface area contributed by atoms with Crippen LogP contribution < -0.4 is 9.47 Å². The van der Waals surface area contributed by atoms with E-state index in [4.69, 9.17) is 9.47 Å². The maximum absolute atomic E-state index is 5.21. The van der Waals surface area contributed by atoms with Crippen molar-refractivity contribution in [3.8, 4) is 22.6 Å². The SMILES string of the molecule is CC(C)c1cccc(-c2ccncc2)c1.COc1ccc(C(C)C)cc1.COc1ccccc1C(C)C.Cc1ccc(C(C)C)cc1.Cc1ccccc1C(C)C. The summed E-state index contributed by atoms with van der Waals surface area (Å²) in [7, 11) is 3.39. The molecule has 0 bridgehead atoms. The molecular formula is C54H71NO2. The summed E-state index contributed by atoms with van der Waals surface area (Å²) < 4.78 is 10.3. The quantitative estimate of drug-likeness (QED) is 0.155. The highest BCUT2D eigenvalue weighted by Gasteiger charge is 2.05. The Morgan fingerprint density at radius 1 is 0.404 bits per heavy atom. The Labute approximate surface area is 347 Å². The molecule has 0 aliphatic heterocycles. The summed E-state index contributed by atoms with van der Waals surface area (Å²) in [6.07, 6.45) is 3.66. The number of aryl methyl sites for hydroxylation is 2. The van der Waals surface area contributed by atoms with Gasteiger partial charge in [-0.2, -0.15) is 0 Å². The number of pyridine rings is 1. The Kier molecular flexibility index (Phi) is 21.8. The molecule has 6 rings (SSSR count). The lowest BCUT2D eigenvalue weighted by Gasteiger charge is -2.10. The third-order valence-corrected chi connectivity index (χ3v) is 9.66. The van der Waals surface area contributed by atoms with E-state index in [-0.39, 0.29) is 0 Å². The van der Waals surface area contributed by atoms with Crippen molar-refractivity contribution in [3.63, 3.8) is 0 Å². The highest BCUT2D eigenvalue weighted by atomic mass is 16.5. The molecule has 0 radical (unpaired) electrons. The third kappa shape index (κ3) is 17.7. The van der Waals surface area contributed by atoms with E-state index in [0.29, 0.717) is 29.6 Å². The van der Waals surface area contributed by atoms with Gasteiger partial charge in [-0.3, -0.25) is 4.98 Å². The van der Waals surface area contributed by atoms with E-state index in [2.05, 4.69) is 179 Å². The van der Waals surface area contributed by atoms with E-state index in [1.807, 2.05) is 54.9 Å². The zero-order valence-corrected chi connectivity index (χ0v) is 37.5. The van der Waals surface area contributed by atoms with E-state index in [0.717, 1.165) is 11.5 Å². The van der Waals surface area contributed by atoms with Gasteiger partial charge in [0.15, 0.2) is 0 Å². The van der Waals surface area contributed by atoms with Crippen LogP contribution in [0.5, 0.6) is 11.5 Å². The summed E-state index contributed by atoms with van der Waals surface area (Å²) in [4.78, 5) is 4.03. The number of ether oxygens (including phenoxy) is 2. The summed E-state index contributed by atoms with van der Waals surface area (Å²) in [6, 6.07) is 46.3. The molecule has 0 spiro atoms. The Hall–Kier alpha value is -5.15. The predicted molar refractivity (Wildman–Crippen MR) is 248 cm³/mol. The van der Waals surface area contributed by atoms with Gasteiger partial charge in [0.05, 0.1) is 14.2 Å². The first-order valence-electron chi connectivity index (χ1n) is 20.6. The van der Waals surface area contributed by atoms with E-state index in [1.165, 1.54) is 50.1 Å². The molecule has 0 amide bonds. The summed E-state index contributed by atoms with van der Waals surface area (Å²) in [6.45, 7) is 26.3. The standard InChI is InChI=1S/C14H15N.2C10H14O.2C10H14/c1-11(2)13-4-3-5-14(10-13)12-6-8-15-9-7-12;1-8(2)9-4-6-10(11-3)7-5-9;1-8(2)9-6-4-5-7-10(9)11-3;1-8(2)10-6-4-9(3)5-7-10;1-8(2)10-7-5-4-6-9(10)3/h3-11H,1-2H3;2*4-8H,1-3H3;2*4-8H,1-3H3. The molecule has 0 unspecified atom stereocenters. The van der Waals surface area contributed by atoms with Crippen LogP contribution in [0.4, 0.5) is 0 Å². The van der Waals surface area contributed by atoms with Crippen LogP contribution in [-0.2, 0) is 0 Å². The molecule has 304 valence electrons. The van der Waals surface area contributed by atoms with Crippen molar-refractivity contribution in [1.29, 1.82) is 0 Å². The van der Waals surface area contributed by atoms with Gasteiger partial charge in [-0.25, -0.2) is 0 Å². The molecule has 0 saturated heterocycles. The maximum Gasteiger partial charge on any atom is 0.122 e. The lowest BCUT2D eigenvalue weighted by molar-refractivity contribution is 0.407. The Bertz CT molecular complexity index is 1940. The second-order valence-electron chi connectivity index (χ2n) is 15.9. The number of nitrogens with zero attached hydrogens (tertiary/aromatic N) is 1. The van der Waals surface area contributed by atoms with Gasteiger partial charge in [0.25, 0.3) is 0 Å². The third-order valence-electron chi connectivity index (χ3n) is 9.66. The Morgan fingerprint density at radius 2 is 0.895 bits per heavy atom. The molecule has 3 heteroatoms. The smallest absolute Gasteiger partial charge is 0.122 e. The summed E-state index contributed by atoms with van der Waals surface area (Å²) in [5.41, 5.74) is 12.1. The van der Waals surface area contributed by atoms with Gasteiger partial charge < -0.3 is 9.47 Å². The van der Waals surface area contributed by atoms with Gasteiger partial charge in [0.2, 0.25) is 0 Å². The second-order valence-corrected chi connectivity index (χ2v) is 15.9. The van der Waals surface area contributed by atoms with Crippen molar-refractivity contribution in [1.82, 2.24) is 4.98 Å². The predicted octanol–water partition coefficient (Wildman–Crippen LogP) is 15.7. The van der Waals surface area contributed by atoms with E-state index in [1.54, 1.807) is 14.2 Å². The number of hydrogen-bond donors (Lipinski definition) is 0. The van der Waals surface area contributed by atoms with Crippen molar-refractivity contribution >= 4 is 0 Å². The molecular weight excluding hydrogens is 695 g/mol. The molecule has 5 aromatic carbocycles. The van der Waals surface area contributed by atoms with Gasteiger partial charge in [-0.15, -0.1) is 0 Å². The van der Waals surface area contributed by atoms with Gasteiger partial charge in [0, 0.05) is 12.4 Å². The van der Waals surface area contributed by atoms with Gasteiger partial charge >= 0.3 is 0 Å². The largest absolute Gasteiger partial charge is 0.497 e. The number of aromatic nitrogens is 1. The van der Waals surface area contributed by atoms with Crippen molar-refractivity contribution < 1.29 is 9.47 Å². The molecule has 3 nitrogen and oxygen atoms in total. The minimum Gasteiger partial charge on any atom is -0.497 e. The molecule has 1 heterocycles. The lowest BCUT2D eigenvalue weighted by Crippen LogP contribution is -1.92. The Morgan fingerprint density at radius 3 is 1.33 bits per heavy atom. The van der Waals surface area contributed by atoms with Crippen LogP contribution >= 0.6 is 0 Å². The first-order valence-corrected chi connectivity index (χ1v) is 20.6. The van der Waals surface area contributed by atoms with Crippen molar-refractivity contribution in [2.75, 3.05) is 14.2 Å². The van der Waals surface area contributed by atoms with E-state index in [9.17, 15) is 0 Å². The second kappa shape index (κ2) is 25.9. The molecule has 0 fully saturated rings. The molecule has 1 aromatic heterocycles. The topological polar surface area (TPSA) is 31.4 Å². The molecule has 0 N–H and O–H groups in total. The average Bonchev–Trinajstić information content (AvgIpc) is 3.22. The molecule has 0 aliphatic carbocycles. The lowest BCUT2D eigenvalue weighted by atomic mass is 9.98. The maximum atomic E-state index is 5.21. The number of hydrogen-bond acceptors (Lipinski definition) is 3. The minimum absolute atomic E-state index is 0.533. The van der Waals surface area contributed by atoms with Crippen LogP contribution in [-0.4, -0.2) is 19.2 Å². The zero-order chi connectivity index (χ0) is 42.3. The monoisotopic (exact) mass is 766 g/mol. The molecule has 0 aliphatic rings. The van der Waals surface area contributed by atoms with Gasteiger partial charge in [-0.05, 0) is 118 Å². The Balaban J connectivity index is 0.000000248. The summed E-state index contributed by atoms with van der Waals surface area (Å²) in [5, 5.41) is 0. The molecule has 57 heavy (non-hydrogen) atoms. The summed E-state index contributed by atoms with van der Waals surface area (Å²) in [5.74, 6) is 4.93. The number of para-hydroxylation sites is 1. The highest BCUT2D eigenvalue weighted by Crippen LogP contribution is 2.26. The van der Waals surface area contributed by atoms with Crippen LogP contribution in [0.2, 0.25) is 0 Å². The molecule has 0 saturated carbocycles. The van der Waals surface area contributed by atoms with E-state index >= 15 is 0 Å². The normalized spacial score (nSPS) is 10.4. The van der Waals surface area contributed by atoms with Crippen LogP contribution in [0, 0.1) is 13.8 Å². The fraction of sp³-hybridized carbons (Fsp3) is 0.352. The number of methoxy groups -OCH3 is 2. The van der Waals surface area contributed by atoms with Crippen LogP contribution in [0.3, 0.4) is 0 Å². The van der Waals surface area contributed by atoms with Gasteiger partial charge in [0.1, 0.15) is 11.5 Å². The van der Waals surface area contributed by atoms with Crippen molar-refractivity contribution in [3.05, 3.63) is 185 Å². The molecule has 6 aromatic rings. The van der Waals surface area contributed by atoms with Crippen LogP contribution in [0.25, 0.3) is 11.1 Å². The fourth-order valence-electron chi connectivity index (χ4n) is 5.94. The van der Waals surface area contributed by atoms with Crippen LogP contribution in [0.15, 0.2) is 146 Å². The highest BCUT2D eigenvalue weighted by molar-refractivity contribution is 5.63. The molecule has 0 atom stereocenters. The van der Waals surface area contributed by atoms with Crippen molar-refractivity contribution in [2.24, 2.45) is 0 Å². The average molecular weight is 766 g/mol. The number of rotatable bonds is 8. The van der Waals surface area contributed by atoms with Crippen molar-refractivity contribution in [2.45, 2.75) is 113 Å². The first-order chi connectivity index (χ1) is 27.2. The van der Waals surface area contributed by atoms with Crippen LogP contribution in [0.1, 0.15) is 138 Å².